The van der Waals surface area contributed by atoms with Gasteiger partial charge in [0.05, 0.1) is 10.9 Å². The number of carbonyl (C=O) groups is 2. The number of aromatic nitrogens is 4. The van der Waals surface area contributed by atoms with Crippen LogP contribution in [0.4, 0.5) is 16.4 Å². The summed E-state index contributed by atoms with van der Waals surface area (Å²) >= 11 is 0. The Bertz CT molecular complexity index is 1510. The highest BCUT2D eigenvalue weighted by Crippen LogP contribution is 2.41. The van der Waals surface area contributed by atoms with Gasteiger partial charge in [-0.05, 0) is 70.4 Å². The second kappa shape index (κ2) is 9.44. The minimum atomic E-state index is -0.587. The molecule has 38 heavy (non-hydrogen) atoms. The molecule has 5 rings (SSSR count). The third-order valence-corrected chi connectivity index (χ3v) is 6.54. The van der Waals surface area contributed by atoms with Gasteiger partial charge < -0.3 is 25.7 Å². The van der Waals surface area contributed by atoms with Crippen LogP contribution in [0.15, 0.2) is 55.0 Å². The second-order valence-electron chi connectivity index (χ2n) is 10.8. The molecule has 1 aliphatic heterocycles. The zero-order valence-electron chi connectivity index (χ0n) is 21.9. The molecule has 0 bridgehead atoms. The molecule has 2 amide bonds. The number of amides is 2. The third-order valence-electron chi connectivity index (χ3n) is 6.54. The summed E-state index contributed by atoms with van der Waals surface area (Å²) in [5.74, 6) is 0.624. The van der Waals surface area contributed by atoms with E-state index in [-0.39, 0.29) is 5.91 Å². The SMILES string of the molecule is CC(C)(C)OC(=O)N[C@@]1(C)CCc2c(-c3ccc(C(=O)Nc4ccccn4)cc3)c3c(N)ncnc3n2C1. The fourth-order valence-corrected chi connectivity index (χ4v) is 4.87. The molecular formula is C28H31N7O3. The van der Waals surface area contributed by atoms with Gasteiger partial charge in [0, 0.05) is 29.6 Å². The molecule has 3 aromatic heterocycles. The van der Waals surface area contributed by atoms with E-state index in [9.17, 15) is 9.59 Å². The van der Waals surface area contributed by atoms with Crippen molar-refractivity contribution in [2.24, 2.45) is 0 Å². The lowest BCUT2D eigenvalue weighted by atomic mass is 9.89. The maximum atomic E-state index is 12.7. The number of carbonyl (C=O) groups excluding carboxylic acids is 2. The molecule has 196 valence electrons. The van der Waals surface area contributed by atoms with E-state index in [0.29, 0.717) is 42.2 Å². The van der Waals surface area contributed by atoms with Crippen molar-refractivity contribution in [2.45, 2.75) is 58.2 Å². The van der Waals surface area contributed by atoms with Gasteiger partial charge in [0.1, 0.15) is 29.2 Å². The van der Waals surface area contributed by atoms with Gasteiger partial charge in [0.25, 0.3) is 5.91 Å². The predicted octanol–water partition coefficient (Wildman–Crippen LogP) is 4.56. The highest BCUT2D eigenvalue weighted by molar-refractivity contribution is 6.05. The molecule has 0 saturated heterocycles. The molecular weight excluding hydrogens is 482 g/mol. The number of rotatable bonds is 4. The van der Waals surface area contributed by atoms with Crippen molar-refractivity contribution < 1.29 is 14.3 Å². The van der Waals surface area contributed by atoms with Crippen LogP contribution in [0.25, 0.3) is 22.2 Å². The van der Waals surface area contributed by atoms with E-state index in [0.717, 1.165) is 22.2 Å². The number of hydrogen-bond donors (Lipinski definition) is 3. The van der Waals surface area contributed by atoms with Crippen LogP contribution in [0, 0.1) is 0 Å². The van der Waals surface area contributed by atoms with Crippen LogP contribution in [0.3, 0.4) is 0 Å². The van der Waals surface area contributed by atoms with Crippen LogP contribution in [-0.2, 0) is 17.7 Å². The fourth-order valence-electron chi connectivity index (χ4n) is 4.87. The van der Waals surface area contributed by atoms with Crippen LogP contribution in [0.2, 0.25) is 0 Å². The lowest BCUT2D eigenvalue weighted by molar-refractivity contribution is 0.0440. The molecule has 4 N–H and O–H groups in total. The first kappa shape index (κ1) is 25.2. The van der Waals surface area contributed by atoms with Crippen molar-refractivity contribution >= 4 is 34.7 Å². The van der Waals surface area contributed by atoms with Crippen LogP contribution >= 0.6 is 0 Å². The number of alkyl carbamates (subject to hydrolysis) is 1. The summed E-state index contributed by atoms with van der Waals surface area (Å²) in [6.45, 7) is 8.02. The Hall–Kier alpha value is -4.47. The molecule has 10 heteroatoms. The van der Waals surface area contributed by atoms with Crippen molar-refractivity contribution in [1.82, 2.24) is 24.8 Å². The highest BCUT2D eigenvalue weighted by Gasteiger charge is 2.36. The van der Waals surface area contributed by atoms with Crippen molar-refractivity contribution in [2.75, 3.05) is 11.1 Å². The van der Waals surface area contributed by atoms with Gasteiger partial charge in [0.15, 0.2) is 0 Å². The van der Waals surface area contributed by atoms with Crippen LogP contribution in [0.5, 0.6) is 0 Å². The number of ether oxygens (including phenoxy) is 1. The fraction of sp³-hybridized carbons (Fsp3) is 0.321. The summed E-state index contributed by atoms with van der Waals surface area (Å²) in [5.41, 5.74) is 9.36. The molecule has 0 saturated carbocycles. The molecule has 4 heterocycles. The predicted molar refractivity (Wildman–Crippen MR) is 146 cm³/mol. The number of nitrogens with two attached hydrogens (primary N) is 1. The summed E-state index contributed by atoms with van der Waals surface area (Å²) in [4.78, 5) is 38.2. The van der Waals surface area contributed by atoms with Crippen molar-refractivity contribution in [3.05, 3.63) is 66.2 Å². The maximum absolute atomic E-state index is 12.7. The lowest BCUT2D eigenvalue weighted by Crippen LogP contribution is -2.52. The molecule has 1 atom stereocenters. The summed E-state index contributed by atoms with van der Waals surface area (Å²) in [7, 11) is 0. The van der Waals surface area contributed by atoms with Gasteiger partial charge >= 0.3 is 6.09 Å². The van der Waals surface area contributed by atoms with E-state index >= 15 is 0 Å². The van der Waals surface area contributed by atoms with Crippen LogP contribution in [-0.4, -0.2) is 42.7 Å². The minimum Gasteiger partial charge on any atom is -0.444 e. The summed E-state index contributed by atoms with van der Waals surface area (Å²) in [6.07, 6.45) is 4.01. The Kier molecular flexibility index (Phi) is 6.26. The third kappa shape index (κ3) is 5.02. The first-order chi connectivity index (χ1) is 18.0. The van der Waals surface area contributed by atoms with E-state index in [4.69, 9.17) is 10.5 Å². The van der Waals surface area contributed by atoms with Crippen LogP contribution < -0.4 is 16.4 Å². The van der Waals surface area contributed by atoms with Gasteiger partial charge in [-0.1, -0.05) is 18.2 Å². The van der Waals surface area contributed by atoms with E-state index in [2.05, 4.69) is 30.2 Å². The zero-order chi connectivity index (χ0) is 27.1. The van der Waals surface area contributed by atoms with Gasteiger partial charge in [-0.2, -0.15) is 0 Å². The van der Waals surface area contributed by atoms with Gasteiger partial charge in [-0.25, -0.2) is 19.7 Å². The quantitative estimate of drug-likeness (QED) is 0.364. The standard InChI is InChI=1S/C28H31N7O3/c1-27(2,3)38-26(37)34-28(4)13-12-19-21(22-23(29)31-16-32-24(22)35(19)15-28)17-8-10-18(11-9-17)25(36)33-20-7-5-6-14-30-20/h5-11,14,16H,12-13,15H2,1-4H3,(H,34,37)(H2,29,31,32)(H,30,33,36)/t28-/m0/s1. The average molecular weight is 514 g/mol. The molecule has 1 aromatic carbocycles. The van der Waals surface area contributed by atoms with E-state index in [1.807, 2.05) is 45.9 Å². The van der Waals surface area contributed by atoms with Crippen molar-refractivity contribution in [3.63, 3.8) is 0 Å². The Morgan fingerprint density at radius 2 is 1.84 bits per heavy atom. The van der Waals surface area contributed by atoms with E-state index in [1.165, 1.54) is 6.33 Å². The molecule has 0 fully saturated rings. The number of anilines is 2. The lowest BCUT2D eigenvalue weighted by Gasteiger charge is -2.36. The smallest absolute Gasteiger partial charge is 0.408 e. The second-order valence-corrected chi connectivity index (χ2v) is 10.8. The molecule has 10 nitrogen and oxygen atoms in total. The van der Waals surface area contributed by atoms with Crippen LogP contribution in [0.1, 0.15) is 50.2 Å². The average Bonchev–Trinajstić information content (AvgIpc) is 3.17. The van der Waals surface area contributed by atoms with Crippen molar-refractivity contribution in [1.29, 1.82) is 0 Å². The Balaban J connectivity index is 1.47. The van der Waals surface area contributed by atoms with Gasteiger partial charge in [-0.3, -0.25) is 4.79 Å². The van der Waals surface area contributed by atoms with Gasteiger partial charge in [0.2, 0.25) is 0 Å². The van der Waals surface area contributed by atoms with Gasteiger partial charge in [-0.15, -0.1) is 0 Å². The topological polar surface area (TPSA) is 137 Å². The number of nitrogens with zero attached hydrogens (tertiary/aromatic N) is 4. The first-order valence-corrected chi connectivity index (χ1v) is 12.5. The molecule has 0 unspecified atom stereocenters. The first-order valence-electron chi connectivity index (χ1n) is 12.5. The van der Waals surface area contributed by atoms with Crippen molar-refractivity contribution in [3.8, 4) is 11.1 Å². The monoisotopic (exact) mass is 513 g/mol. The Morgan fingerprint density at radius 3 is 2.53 bits per heavy atom. The maximum Gasteiger partial charge on any atom is 0.408 e. The normalized spacial score (nSPS) is 17.1. The number of fused-ring (bicyclic) bond motifs is 3. The number of pyridine rings is 1. The summed E-state index contributed by atoms with van der Waals surface area (Å²) < 4.78 is 7.60. The highest BCUT2D eigenvalue weighted by atomic mass is 16.6. The summed E-state index contributed by atoms with van der Waals surface area (Å²) in [6, 6.07) is 12.7. The Labute approximate surface area is 220 Å². The molecule has 1 aliphatic rings. The largest absolute Gasteiger partial charge is 0.444 e. The molecule has 0 radical (unpaired) electrons. The number of hydrogen-bond acceptors (Lipinski definition) is 7. The van der Waals surface area contributed by atoms with E-state index in [1.54, 1.807) is 30.5 Å². The zero-order valence-corrected chi connectivity index (χ0v) is 21.9. The van der Waals surface area contributed by atoms with E-state index < -0.39 is 17.2 Å². The number of nitrogen functional groups attached to an aromatic ring is 1. The Morgan fingerprint density at radius 1 is 1.08 bits per heavy atom. The number of benzene rings is 1. The minimum absolute atomic E-state index is 0.245. The number of nitrogens with one attached hydrogen (secondary N) is 2. The molecule has 4 aromatic rings. The molecule has 0 spiro atoms. The molecule has 0 aliphatic carbocycles. The summed E-state index contributed by atoms with van der Waals surface area (Å²) in [5, 5.41) is 6.61.